The van der Waals surface area contributed by atoms with Crippen molar-refractivity contribution in [3.63, 3.8) is 0 Å². The molecule has 0 atom stereocenters. The number of halogens is 2. The van der Waals surface area contributed by atoms with Crippen molar-refractivity contribution < 1.29 is 0 Å². The molecule has 1 aromatic heterocycles. The molecule has 0 spiro atoms. The summed E-state index contributed by atoms with van der Waals surface area (Å²) < 4.78 is 0. The molecule has 4 nitrogen and oxygen atoms in total. The summed E-state index contributed by atoms with van der Waals surface area (Å²) >= 11 is 5.72. The number of hydrogen-bond acceptors (Lipinski definition) is 2. The average Bonchev–Trinajstić information content (AvgIpc) is 2.35. The number of aliphatic imine (C=N–C) groups is 1. The molecule has 0 aromatic carbocycles. The first-order valence-corrected chi connectivity index (χ1v) is 6.26. The summed E-state index contributed by atoms with van der Waals surface area (Å²) in [4.78, 5) is 8.48. The molecule has 6 heteroatoms. The van der Waals surface area contributed by atoms with Crippen molar-refractivity contribution in [2.75, 3.05) is 13.1 Å². The normalized spacial score (nSPS) is 10.7. The van der Waals surface area contributed by atoms with Crippen LogP contribution >= 0.6 is 35.6 Å². The first-order valence-electron chi connectivity index (χ1n) is 5.88. The quantitative estimate of drug-likeness (QED) is 0.356. The Morgan fingerprint density at radius 1 is 1.33 bits per heavy atom. The smallest absolute Gasteiger partial charge is 0.191 e. The van der Waals surface area contributed by atoms with Gasteiger partial charge >= 0.3 is 0 Å². The zero-order chi connectivity index (χ0) is 12.5. The second-order valence-corrected chi connectivity index (χ2v) is 4.00. The lowest BCUT2D eigenvalue weighted by molar-refractivity contribution is 0.785. The monoisotopic (exact) mass is 382 g/mol. The van der Waals surface area contributed by atoms with Gasteiger partial charge in [-0.25, -0.2) is 9.98 Å². The van der Waals surface area contributed by atoms with Gasteiger partial charge in [-0.15, -0.1) is 24.0 Å². The van der Waals surface area contributed by atoms with Crippen LogP contribution in [0.1, 0.15) is 25.8 Å². The van der Waals surface area contributed by atoms with Crippen molar-refractivity contribution in [3.8, 4) is 0 Å². The third-order valence-corrected chi connectivity index (χ3v) is 2.32. The minimum absolute atomic E-state index is 0. The van der Waals surface area contributed by atoms with Crippen LogP contribution in [0.25, 0.3) is 0 Å². The summed E-state index contributed by atoms with van der Waals surface area (Å²) in [5, 5.41) is 6.94. The van der Waals surface area contributed by atoms with E-state index in [2.05, 4.69) is 27.5 Å². The standard InChI is InChI=1S/C12H19ClN4.HI/c1-3-7-15-12(14-4-2)17-9-10-5-6-11(13)16-8-10;/h5-6,8H,3-4,7,9H2,1-2H3,(H2,14,15,17);1H. The number of hydrogen-bond donors (Lipinski definition) is 2. The summed E-state index contributed by atoms with van der Waals surface area (Å²) in [6, 6.07) is 3.71. The molecule has 1 aromatic rings. The highest BCUT2D eigenvalue weighted by Gasteiger charge is 1.96. The van der Waals surface area contributed by atoms with Crippen molar-refractivity contribution in [3.05, 3.63) is 29.0 Å². The first-order chi connectivity index (χ1) is 8.26. The molecule has 1 heterocycles. The largest absolute Gasteiger partial charge is 0.357 e. The Labute approximate surface area is 131 Å². The predicted octanol–water partition coefficient (Wildman–Crippen LogP) is 2.82. The van der Waals surface area contributed by atoms with Crippen molar-refractivity contribution >= 4 is 41.5 Å². The van der Waals surface area contributed by atoms with E-state index in [1.807, 2.05) is 13.0 Å². The summed E-state index contributed by atoms with van der Waals surface area (Å²) in [5.74, 6) is 0.837. The molecule has 0 saturated carbocycles. The second kappa shape index (κ2) is 10.4. The van der Waals surface area contributed by atoms with E-state index in [-0.39, 0.29) is 24.0 Å². The summed E-state index contributed by atoms with van der Waals surface area (Å²) in [5.41, 5.74) is 1.04. The van der Waals surface area contributed by atoms with Crippen LogP contribution in [-0.4, -0.2) is 24.0 Å². The molecular weight excluding hydrogens is 363 g/mol. The zero-order valence-corrected chi connectivity index (χ0v) is 13.8. The number of aromatic nitrogens is 1. The fraction of sp³-hybridized carbons (Fsp3) is 0.500. The van der Waals surface area contributed by atoms with E-state index in [9.17, 15) is 0 Å². The van der Waals surface area contributed by atoms with Crippen molar-refractivity contribution in [1.29, 1.82) is 0 Å². The second-order valence-electron chi connectivity index (χ2n) is 3.61. The van der Waals surface area contributed by atoms with E-state index in [1.165, 1.54) is 0 Å². The molecule has 18 heavy (non-hydrogen) atoms. The van der Waals surface area contributed by atoms with Gasteiger partial charge in [-0.05, 0) is 25.0 Å². The van der Waals surface area contributed by atoms with Crippen LogP contribution in [0.5, 0.6) is 0 Å². The minimum atomic E-state index is 0. The van der Waals surface area contributed by atoms with E-state index in [4.69, 9.17) is 11.6 Å². The highest BCUT2D eigenvalue weighted by molar-refractivity contribution is 14.0. The molecule has 0 aliphatic carbocycles. The zero-order valence-electron chi connectivity index (χ0n) is 10.7. The van der Waals surface area contributed by atoms with Gasteiger partial charge < -0.3 is 10.6 Å². The van der Waals surface area contributed by atoms with Crippen molar-refractivity contribution in [2.24, 2.45) is 4.99 Å². The third-order valence-electron chi connectivity index (χ3n) is 2.10. The van der Waals surface area contributed by atoms with Crippen LogP contribution < -0.4 is 10.6 Å². The van der Waals surface area contributed by atoms with Gasteiger partial charge in [-0.2, -0.15) is 0 Å². The summed E-state index contributed by atoms with van der Waals surface area (Å²) in [7, 11) is 0. The van der Waals surface area contributed by atoms with Gasteiger partial charge in [0, 0.05) is 19.3 Å². The molecule has 0 amide bonds. The van der Waals surface area contributed by atoms with Gasteiger partial charge in [0.2, 0.25) is 0 Å². The first kappa shape index (κ1) is 17.4. The number of nitrogens with one attached hydrogen (secondary N) is 2. The molecule has 0 unspecified atom stereocenters. The maximum atomic E-state index is 5.72. The third kappa shape index (κ3) is 7.00. The van der Waals surface area contributed by atoms with E-state index < -0.39 is 0 Å². The Balaban J connectivity index is 0.00000289. The molecule has 0 radical (unpaired) electrons. The van der Waals surface area contributed by atoms with Crippen LogP contribution in [0.15, 0.2) is 23.3 Å². The van der Waals surface area contributed by atoms with Gasteiger partial charge in [0.05, 0.1) is 6.54 Å². The Morgan fingerprint density at radius 3 is 2.67 bits per heavy atom. The van der Waals surface area contributed by atoms with Crippen LogP contribution in [-0.2, 0) is 6.54 Å². The van der Waals surface area contributed by atoms with Crippen LogP contribution in [0.2, 0.25) is 5.15 Å². The lowest BCUT2D eigenvalue weighted by atomic mass is 10.3. The fourth-order valence-corrected chi connectivity index (χ4v) is 1.37. The lowest BCUT2D eigenvalue weighted by Crippen LogP contribution is -2.37. The lowest BCUT2D eigenvalue weighted by Gasteiger charge is -2.09. The molecule has 0 aliphatic rings. The van der Waals surface area contributed by atoms with Crippen LogP contribution in [0.4, 0.5) is 0 Å². The molecular formula is C12H20ClIN4. The highest BCUT2D eigenvalue weighted by Crippen LogP contribution is 2.05. The van der Waals surface area contributed by atoms with Crippen LogP contribution in [0.3, 0.4) is 0 Å². The Bertz CT molecular complexity index is 354. The predicted molar refractivity (Wildman–Crippen MR) is 87.8 cm³/mol. The van der Waals surface area contributed by atoms with Crippen molar-refractivity contribution in [1.82, 2.24) is 15.6 Å². The minimum Gasteiger partial charge on any atom is -0.357 e. The van der Waals surface area contributed by atoms with E-state index in [1.54, 1.807) is 12.3 Å². The van der Waals surface area contributed by atoms with Gasteiger partial charge in [0.1, 0.15) is 5.15 Å². The SMILES string of the molecule is CCCNC(=NCc1ccc(Cl)nc1)NCC.I. The van der Waals surface area contributed by atoms with Crippen LogP contribution in [0, 0.1) is 0 Å². The van der Waals surface area contributed by atoms with Gasteiger partial charge in [0.15, 0.2) is 5.96 Å². The topological polar surface area (TPSA) is 49.3 Å². The average molecular weight is 383 g/mol. The van der Waals surface area contributed by atoms with E-state index in [0.29, 0.717) is 11.7 Å². The highest BCUT2D eigenvalue weighted by atomic mass is 127. The molecule has 0 bridgehead atoms. The molecule has 0 fully saturated rings. The summed E-state index contributed by atoms with van der Waals surface area (Å²) in [6.45, 7) is 6.55. The maximum Gasteiger partial charge on any atom is 0.191 e. The Kier molecular flexibility index (Phi) is 10.0. The Morgan fingerprint density at radius 2 is 2.11 bits per heavy atom. The van der Waals surface area contributed by atoms with Crippen molar-refractivity contribution in [2.45, 2.75) is 26.8 Å². The molecule has 0 saturated heterocycles. The number of guanidine groups is 1. The molecule has 0 aliphatic heterocycles. The molecule has 1 rings (SSSR count). The molecule has 102 valence electrons. The summed E-state index contributed by atoms with van der Waals surface area (Å²) in [6.07, 6.45) is 2.82. The number of nitrogens with zero attached hydrogens (tertiary/aromatic N) is 2. The number of rotatable bonds is 5. The van der Waals surface area contributed by atoms with Gasteiger partial charge in [-0.1, -0.05) is 24.6 Å². The fourth-order valence-electron chi connectivity index (χ4n) is 1.26. The van der Waals surface area contributed by atoms with E-state index >= 15 is 0 Å². The van der Waals surface area contributed by atoms with E-state index in [0.717, 1.165) is 31.0 Å². The maximum absolute atomic E-state index is 5.72. The van der Waals surface area contributed by atoms with Gasteiger partial charge in [0.25, 0.3) is 0 Å². The number of pyridine rings is 1. The molecule has 2 N–H and O–H groups in total. The van der Waals surface area contributed by atoms with Gasteiger partial charge in [-0.3, -0.25) is 0 Å². The Hall–Kier alpha value is -0.560.